The molecule has 0 aliphatic heterocycles. The van der Waals surface area contributed by atoms with E-state index in [2.05, 4.69) is 92.5 Å². The molecule has 0 bridgehead atoms. The van der Waals surface area contributed by atoms with E-state index in [9.17, 15) is 0 Å². The van der Waals surface area contributed by atoms with E-state index in [4.69, 9.17) is 4.42 Å². The molecule has 0 fully saturated rings. The summed E-state index contributed by atoms with van der Waals surface area (Å²) in [6, 6.07) is 23.8. The third kappa shape index (κ3) is 1.98. The number of benzene rings is 4. The van der Waals surface area contributed by atoms with Crippen LogP contribution in [0, 0.1) is 0 Å². The number of aromatic nitrogens is 1. The predicted octanol–water partition coefficient (Wildman–Crippen LogP) is 7.67. The topological polar surface area (TPSA) is 28.9 Å². The largest absolute Gasteiger partial charge is 0.454 e. The molecule has 4 aromatic carbocycles. The van der Waals surface area contributed by atoms with Crippen molar-refractivity contribution in [3.05, 3.63) is 72.3 Å². The van der Waals surface area contributed by atoms with Crippen LogP contribution in [0.5, 0.6) is 0 Å². The van der Waals surface area contributed by atoms with E-state index >= 15 is 0 Å². The summed E-state index contributed by atoms with van der Waals surface area (Å²) in [5.41, 5.74) is 5.56. The highest BCUT2D eigenvalue weighted by Gasteiger charge is 2.20. The van der Waals surface area contributed by atoms with Crippen molar-refractivity contribution in [1.29, 1.82) is 0 Å². The number of fused-ring (bicyclic) bond motifs is 10. The van der Waals surface area contributed by atoms with E-state index in [0.717, 1.165) is 27.6 Å². The van der Waals surface area contributed by atoms with Gasteiger partial charge >= 0.3 is 0 Å². The lowest BCUT2D eigenvalue weighted by atomic mass is 9.86. The van der Waals surface area contributed by atoms with Gasteiger partial charge in [-0.2, -0.15) is 0 Å². The Hall–Kier alpha value is -3.26. The molecule has 6 aromatic rings. The minimum atomic E-state index is 0.100. The summed E-state index contributed by atoms with van der Waals surface area (Å²) in [6.45, 7) is 6.74. The maximum Gasteiger partial charge on any atom is 0.161 e. The van der Waals surface area contributed by atoms with Crippen LogP contribution in [0.2, 0.25) is 0 Å². The van der Waals surface area contributed by atoms with Crippen molar-refractivity contribution in [2.75, 3.05) is 0 Å². The van der Waals surface area contributed by atoms with Gasteiger partial charge in [-0.15, -0.1) is 0 Å². The summed E-state index contributed by atoms with van der Waals surface area (Å²) in [5.74, 6) is 0. The van der Waals surface area contributed by atoms with Crippen molar-refractivity contribution in [3.63, 3.8) is 0 Å². The van der Waals surface area contributed by atoms with Gasteiger partial charge in [-0.3, -0.25) is 0 Å². The number of hydrogen-bond donors (Lipinski definition) is 1. The molecule has 2 heterocycles. The monoisotopic (exact) mass is 363 g/mol. The van der Waals surface area contributed by atoms with Crippen molar-refractivity contribution in [2.24, 2.45) is 0 Å². The van der Waals surface area contributed by atoms with E-state index in [0.29, 0.717) is 0 Å². The van der Waals surface area contributed by atoms with Gasteiger partial charge in [-0.1, -0.05) is 75.4 Å². The van der Waals surface area contributed by atoms with Gasteiger partial charge in [0.1, 0.15) is 5.58 Å². The fourth-order valence-electron chi connectivity index (χ4n) is 4.50. The Bertz CT molecular complexity index is 1540. The molecule has 0 saturated heterocycles. The maximum atomic E-state index is 6.40. The Morgan fingerprint density at radius 1 is 0.679 bits per heavy atom. The van der Waals surface area contributed by atoms with Gasteiger partial charge in [0.2, 0.25) is 0 Å². The molecule has 2 aromatic heterocycles. The molecule has 136 valence electrons. The fraction of sp³-hybridized carbons (Fsp3) is 0.154. The number of aromatic amines is 1. The predicted molar refractivity (Wildman–Crippen MR) is 119 cm³/mol. The molecule has 2 heteroatoms. The summed E-state index contributed by atoms with van der Waals surface area (Å²) in [7, 11) is 0. The second-order valence-corrected chi connectivity index (χ2v) is 8.73. The van der Waals surface area contributed by atoms with Crippen LogP contribution in [-0.2, 0) is 5.41 Å². The Morgan fingerprint density at radius 2 is 1.32 bits per heavy atom. The zero-order valence-electron chi connectivity index (χ0n) is 16.3. The van der Waals surface area contributed by atoms with Gasteiger partial charge in [0.25, 0.3) is 0 Å². The molecule has 0 spiro atoms. The average Bonchev–Trinajstić information content (AvgIpc) is 3.23. The number of rotatable bonds is 0. The Labute approximate surface area is 162 Å². The summed E-state index contributed by atoms with van der Waals surface area (Å²) in [4.78, 5) is 3.72. The molecule has 0 atom stereocenters. The highest BCUT2D eigenvalue weighted by atomic mass is 16.3. The zero-order chi connectivity index (χ0) is 19.0. The quantitative estimate of drug-likeness (QED) is 0.276. The molecule has 28 heavy (non-hydrogen) atoms. The van der Waals surface area contributed by atoms with Gasteiger partial charge in [-0.25, -0.2) is 0 Å². The smallest absolute Gasteiger partial charge is 0.161 e. The standard InChI is InChI=1S/C26H21NO/c1-26(2,3)15-12-13-21-20(14-15)24-25(28-21)22-18-10-6-4-8-16(18)17-9-5-7-11-19(17)23(22)27-24/h4-14,27H,1-3H3. The van der Waals surface area contributed by atoms with Crippen LogP contribution in [-0.4, -0.2) is 4.98 Å². The first-order valence-electron chi connectivity index (χ1n) is 9.80. The van der Waals surface area contributed by atoms with Gasteiger partial charge in [-0.05, 0) is 39.3 Å². The van der Waals surface area contributed by atoms with Crippen molar-refractivity contribution in [2.45, 2.75) is 26.2 Å². The second-order valence-electron chi connectivity index (χ2n) is 8.73. The van der Waals surface area contributed by atoms with E-state index in [1.54, 1.807) is 0 Å². The summed E-state index contributed by atoms with van der Waals surface area (Å²) in [6.07, 6.45) is 0. The highest BCUT2D eigenvalue weighted by molar-refractivity contribution is 6.32. The molecule has 0 amide bonds. The average molecular weight is 363 g/mol. The van der Waals surface area contributed by atoms with Crippen molar-refractivity contribution >= 4 is 54.5 Å². The van der Waals surface area contributed by atoms with Crippen LogP contribution in [0.25, 0.3) is 54.5 Å². The summed E-state index contributed by atoms with van der Waals surface area (Å²) >= 11 is 0. The fourth-order valence-corrected chi connectivity index (χ4v) is 4.50. The van der Waals surface area contributed by atoms with Gasteiger partial charge in [0.15, 0.2) is 5.58 Å². The first kappa shape index (κ1) is 15.8. The lowest BCUT2D eigenvalue weighted by Gasteiger charge is -2.18. The zero-order valence-corrected chi connectivity index (χ0v) is 16.3. The Kier molecular flexibility index (Phi) is 2.91. The SMILES string of the molecule is CC(C)(C)c1ccc2oc3c([nH]c4c5ccccc5c5ccccc5c43)c2c1. The van der Waals surface area contributed by atoms with E-state index in [1.807, 2.05) is 0 Å². The third-order valence-electron chi connectivity index (χ3n) is 5.96. The number of hydrogen-bond acceptors (Lipinski definition) is 1. The first-order chi connectivity index (χ1) is 13.5. The first-order valence-corrected chi connectivity index (χ1v) is 9.80. The third-order valence-corrected chi connectivity index (χ3v) is 5.96. The van der Waals surface area contributed by atoms with Crippen molar-refractivity contribution in [3.8, 4) is 0 Å². The van der Waals surface area contributed by atoms with Gasteiger partial charge < -0.3 is 9.40 Å². The van der Waals surface area contributed by atoms with Crippen LogP contribution >= 0.6 is 0 Å². The Balaban J connectivity index is 1.87. The van der Waals surface area contributed by atoms with E-state index < -0.39 is 0 Å². The molecule has 0 aliphatic rings. The van der Waals surface area contributed by atoms with Crippen LogP contribution in [0.4, 0.5) is 0 Å². The molecule has 1 N–H and O–H groups in total. The minimum absolute atomic E-state index is 0.100. The van der Waals surface area contributed by atoms with Gasteiger partial charge in [0.05, 0.1) is 16.4 Å². The second kappa shape index (κ2) is 5.17. The van der Waals surface area contributed by atoms with Crippen molar-refractivity contribution < 1.29 is 4.42 Å². The van der Waals surface area contributed by atoms with E-state index in [1.165, 1.54) is 32.5 Å². The summed E-state index contributed by atoms with van der Waals surface area (Å²) in [5, 5.41) is 7.35. The maximum absolute atomic E-state index is 6.40. The molecule has 0 saturated carbocycles. The molecule has 6 rings (SSSR count). The lowest BCUT2D eigenvalue weighted by molar-refractivity contribution is 0.590. The van der Waals surface area contributed by atoms with Crippen LogP contribution in [0.15, 0.2) is 71.1 Å². The molecule has 0 unspecified atom stereocenters. The molecule has 0 radical (unpaired) electrons. The van der Waals surface area contributed by atoms with Crippen LogP contribution in [0.3, 0.4) is 0 Å². The van der Waals surface area contributed by atoms with E-state index in [-0.39, 0.29) is 5.41 Å². The Morgan fingerprint density at radius 3 is 2.04 bits per heavy atom. The molecule has 2 nitrogen and oxygen atoms in total. The molecular weight excluding hydrogens is 342 g/mol. The lowest BCUT2D eigenvalue weighted by Crippen LogP contribution is -2.10. The van der Waals surface area contributed by atoms with Crippen LogP contribution < -0.4 is 0 Å². The number of furan rings is 1. The number of H-pyrrole nitrogens is 1. The number of nitrogens with one attached hydrogen (secondary N) is 1. The van der Waals surface area contributed by atoms with Crippen LogP contribution in [0.1, 0.15) is 26.3 Å². The van der Waals surface area contributed by atoms with Gasteiger partial charge in [0, 0.05) is 10.8 Å². The summed E-state index contributed by atoms with van der Waals surface area (Å²) < 4.78 is 6.40. The molecule has 0 aliphatic carbocycles. The molecular formula is C26H21NO. The van der Waals surface area contributed by atoms with Crippen molar-refractivity contribution in [1.82, 2.24) is 4.98 Å². The minimum Gasteiger partial charge on any atom is -0.454 e. The highest BCUT2D eigenvalue weighted by Crippen LogP contribution is 2.42. The normalized spacial score (nSPS) is 12.8.